The van der Waals surface area contributed by atoms with Crippen LogP contribution in [0.25, 0.3) is 0 Å². The summed E-state index contributed by atoms with van der Waals surface area (Å²) >= 11 is 5.84. The van der Waals surface area contributed by atoms with Crippen LogP contribution >= 0.6 is 11.6 Å². The van der Waals surface area contributed by atoms with Gasteiger partial charge in [0, 0.05) is 16.7 Å². The number of nitrogens with zero attached hydrogens (tertiary/aromatic N) is 6. The maximum Gasteiger partial charge on any atom is 0.282 e. The number of rotatable bonds is 7. The second kappa shape index (κ2) is 10.2. The average Bonchev–Trinajstić information content (AvgIpc) is 3.15. The Bertz CT molecular complexity index is 1480. The third-order valence-electron chi connectivity index (χ3n) is 4.92. The second-order valence-electron chi connectivity index (χ2n) is 7.40. The number of nitrogens with one attached hydrogen (secondary N) is 1. The first-order chi connectivity index (χ1) is 17.2. The van der Waals surface area contributed by atoms with E-state index in [1.807, 2.05) is 0 Å². The lowest BCUT2D eigenvalue weighted by Gasteiger charge is -2.10. The quantitative estimate of drug-likeness (QED) is 0.364. The van der Waals surface area contributed by atoms with Crippen LogP contribution in [0.3, 0.4) is 0 Å². The van der Waals surface area contributed by atoms with Gasteiger partial charge < -0.3 is 4.74 Å². The summed E-state index contributed by atoms with van der Waals surface area (Å²) in [6.07, 6.45) is 1.34. The Hall–Kier alpha value is -4.23. The van der Waals surface area contributed by atoms with Gasteiger partial charge in [-0.15, -0.1) is 5.10 Å². The molecule has 1 aliphatic rings. The molecule has 2 heterocycles. The topological polar surface area (TPSA) is 156 Å². The monoisotopic (exact) mass is 527 g/mol. The van der Waals surface area contributed by atoms with Crippen LogP contribution in [0.1, 0.15) is 17.3 Å². The lowest BCUT2D eigenvalue weighted by atomic mass is 10.2. The highest BCUT2D eigenvalue weighted by atomic mass is 35.5. The van der Waals surface area contributed by atoms with Crippen LogP contribution in [0.15, 0.2) is 81.0 Å². The molecule has 12 nitrogen and oxygen atoms in total. The van der Waals surface area contributed by atoms with Gasteiger partial charge in [0.05, 0.1) is 29.6 Å². The number of anilines is 1. The number of carbonyl (C=O) groups excluding carboxylic acids is 2. The molecule has 1 aliphatic heterocycles. The Morgan fingerprint density at radius 2 is 1.83 bits per heavy atom. The van der Waals surface area contributed by atoms with Crippen molar-refractivity contribution in [2.24, 2.45) is 15.3 Å². The molecule has 0 saturated carbocycles. The predicted molar refractivity (Wildman–Crippen MR) is 130 cm³/mol. The number of imide groups is 1. The normalized spacial score (nSPS) is 15.8. The highest BCUT2D eigenvalue weighted by Crippen LogP contribution is 2.23. The molecule has 14 heteroatoms. The van der Waals surface area contributed by atoms with Gasteiger partial charge in [-0.05, 0) is 55.5 Å². The van der Waals surface area contributed by atoms with Crippen molar-refractivity contribution >= 4 is 50.7 Å². The third kappa shape index (κ3) is 5.37. The van der Waals surface area contributed by atoms with E-state index in [4.69, 9.17) is 16.3 Å². The molecular formula is C22H18ClN7O5S. The fourth-order valence-corrected chi connectivity index (χ4v) is 4.19. The Morgan fingerprint density at radius 1 is 1.14 bits per heavy atom. The van der Waals surface area contributed by atoms with E-state index in [0.717, 1.165) is 5.01 Å². The molecule has 0 radical (unpaired) electrons. The van der Waals surface area contributed by atoms with E-state index < -0.39 is 27.9 Å². The zero-order valence-electron chi connectivity index (χ0n) is 18.9. The third-order valence-corrected chi connectivity index (χ3v) is 6.54. The minimum absolute atomic E-state index is 0.00896. The molecule has 0 fully saturated rings. The molecule has 1 unspecified atom stereocenters. The van der Waals surface area contributed by atoms with Crippen molar-refractivity contribution in [1.82, 2.24) is 15.2 Å². The molecule has 3 aromatic rings. The highest BCUT2D eigenvalue weighted by Gasteiger charge is 2.38. The van der Waals surface area contributed by atoms with Gasteiger partial charge in [0.2, 0.25) is 0 Å². The highest BCUT2D eigenvalue weighted by molar-refractivity contribution is 7.92. The fourth-order valence-electron chi connectivity index (χ4n) is 3.07. The number of hydrazone groups is 1. The Balaban J connectivity index is 1.45. The molecule has 1 atom stereocenters. The molecular weight excluding hydrogens is 510 g/mol. The molecule has 2 amide bonds. The molecule has 0 spiro atoms. The van der Waals surface area contributed by atoms with Gasteiger partial charge in [0.1, 0.15) is 5.75 Å². The number of hydrogen-bond donors (Lipinski definition) is 1. The Labute approximate surface area is 210 Å². The smallest absolute Gasteiger partial charge is 0.282 e. The number of aromatic nitrogens is 2. The summed E-state index contributed by atoms with van der Waals surface area (Å²) in [5, 5.41) is 20.6. The Kier molecular flexibility index (Phi) is 7.03. The van der Waals surface area contributed by atoms with Crippen molar-refractivity contribution in [3.63, 3.8) is 0 Å². The van der Waals surface area contributed by atoms with Gasteiger partial charge >= 0.3 is 0 Å². The lowest BCUT2D eigenvalue weighted by molar-refractivity contribution is -0.127. The molecule has 184 valence electrons. The maximum absolute atomic E-state index is 12.7. The molecule has 2 aromatic carbocycles. The van der Waals surface area contributed by atoms with Crippen LogP contribution in [0.2, 0.25) is 5.02 Å². The van der Waals surface area contributed by atoms with Crippen molar-refractivity contribution < 1.29 is 22.7 Å². The lowest BCUT2D eigenvalue weighted by Crippen LogP contribution is -2.34. The second-order valence-corrected chi connectivity index (χ2v) is 9.52. The van der Waals surface area contributed by atoms with Crippen molar-refractivity contribution in [1.29, 1.82) is 0 Å². The number of ether oxygens (including phenoxy) is 1. The first kappa shape index (κ1) is 24.9. The van der Waals surface area contributed by atoms with Gasteiger partial charge in [0.15, 0.2) is 11.9 Å². The van der Waals surface area contributed by atoms with Crippen LogP contribution in [0.4, 0.5) is 11.5 Å². The minimum atomic E-state index is -3.96. The first-order valence-corrected chi connectivity index (χ1v) is 12.1. The summed E-state index contributed by atoms with van der Waals surface area (Å²) in [6.45, 7) is 1.56. The van der Waals surface area contributed by atoms with Gasteiger partial charge in [-0.2, -0.15) is 25.4 Å². The predicted octanol–water partition coefficient (Wildman–Crippen LogP) is 3.45. The van der Waals surface area contributed by atoms with Gasteiger partial charge in [0.25, 0.3) is 21.8 Å². The number of methoxy groups -OCH3 is 1. The summed E-state index contributed by atoms with van der Waals surface area (Å²) in [5.74, 6) is -0.937. The standard InChI is InChI=1S/C22H18ClN7O5S/c1-13-20(22(32)30(28-13)21(31)14-3-5-15(23)6-4-14)27-25-16-7-9-18(10-8-16)36(33,34)29-19-11-17(35-2)12-24-26-19/h3-12,20H,1-2H3,(H,26,29)/b27-25+. The van der Waals surface area contributed by atoms with E-state index in [1.165, 1.54) is 67.9 Å². The molecule has 36 heavy (non-hydrogen) atoms. The summed E-state index contributed by atoms with van der Waals surface area (Å²) in [7, 11) is -2.53. The fraction of sp³-hybridized carbons (Fsp3) is 0.136. The van der Waals surface area contributed by atoms with Gasteiger partial charge in [-0.1, -0.05) is 11.6 Å². The molecule has 1 N–H and O–H groups in total. The number of amides is 2. The van der Waals surface area contributed by atoms with Crippen molar-refractivity contribution in [3.05, 3.63) is 71.4 Å². The zero-order chi connectivity index (χ0) is 25.9. The van der Waals surface area contributed by atoms with E-state index in [0.29, 0.717) is 10.8 Å². The number of benzene rings is 2. The van der Waals surface area contributed by atoms with Crippen LogP contribution < -0.4 is 9.46 Å². The van der Waals surface area contributed by atoms with Crippen LogP contribution in [-0.4, -0.2) is 54.3 Å². The van der Waals surface area contributed by atoms with Crippen molar-refractivity contribution in [2.75, 3.05) is 11.8 Å². The summed E-state index contributed by atoms with van der Waals surface area (Å²) in [6, 6.07) is 11.8. The molecule has 0 saturated heterocycles. The number of halogens is 1. The molecule has 1 aromatic heterocycles. The summed E-state index contributed by atoms with van der Waals surface area (Å²) in [4.78, 5) is 25.3. The number of sulfonamides is 1. The minimum Gasteiger partial charge on any atom is -0.495 e. The number of azo groups is 1. The summed E-state index contributed by atoms with van der Waals surface area (Å²) < 4.78 is 32.6. The Morgan fingerprint density at radius 3 is 2.50 bits per heavy atom. The van der Waals surface area contributed by atoms with E-state index in [2.05, 4.69) is 30.2 Å². The largest absolute Gasteiger partial charge is 0.495 e. The van der Waals surface area contributed by atoms with E-state index in [1.54, 1.807) is 6.92 Å². The van der Waals surface area contributed by atoms with E-state index >= 15 is 0 Å². The first-order valence-electron chi connectivity index (χ1n) is 10.3. The molecule has 0 bridgehead atoms. The number of hydrogen-bond acceptors (Lipinski definition) is 10. The number of carbonyl (C=O) groups is 2. The van der Waals surface area contributed by atoms with Crippen LogP contribution in [0, 0.1) is 0 Å². The SMILES string of the molecule is COc1cnnc(NS(=O)(=O)c2ccc(/N=N/C3C(=O)N(C(=O)c4ccc(Cl)cc4)N=C3C)cc2)c1. The average molecular weight is 528 g/mol. The van der Waals surface area contributed by atoms with E-state index in [9.17, 15) is 18.0 Å². The zero-order valence-corrected chi connectivity index (χ0v) is 20.4. The van der Waals surface area contributed by atoms with Gasteiger partial charge in [-0.25, -0.2) is 8.42 Å². The van der Waals surface area contributed by atoms with Crippen LogP contribution in [-0.2, 0) is 14.8 Å². The van der Waals surface area contributed by atoms with Crippen LogP contribution in [0.5, 0.6) is 5.75 Å². The van der Waals surface area contributed by atoms with E-state index in [-0.39, 0.29) is 27.7 Å². The van der Waals surface area contributed by atoms with Crippen molar-refractivity contribution in [3.8, 4) is 5.75 Å². The van der Waals surface area contributed by atoms with Gasteiger partial charge in [-0.3, -0.25) is 14.3 Å². The maximum atomic E-state index is 12.7. The summed E-state index contributed by atoms with van der Waals surface area (Å²) in [5.41, 5.74) is 0.819. The molecule has 4 rings (SSSR count). The van der Waals surface area contributed by atoms with Crippen molar-refractivity contribution in [2.45, 2.75) is 17.9 Å². The molecule has 0 aliphatic carbocycles.